The lowest BCUT2D eigenvalue weighted by Crippen LogP contribution is -2.26. The minimum atomic E-state index is -0.852. The second kappa shape index (κ2) is 10.1. The Hall–Kier alpha value is -0.710. The molecule has 1 N–H and O–H groups in total. The first-order valence-corrected chi connectivity index (χ1v) is 8.55. The molecule has 0 bridgehead atoms. The van der Waals surface area contributed by atoms with Crippen LogP contribution in [0.3, 0.4) is 0 Å². The average molecular weight is 312 g/mol. The van der Waals surface area contributed by atoms with Crippen LogP contribution in [0.2, 0.25) is 0 Å². The molecule has 128 valence electrons. The highest BCUT2D eigenvalue weighted by Crippen LogP contribution is 2.27. The van der Waals surface area contributed by atoms with Gasteiger partial charge in [0.25, 0.3) is 0 Å². The molecule has 0 radical (unpaired) electrons. The molecular weight excluding hydrogens is 280 g/mol. The third kappa shape index (κ3) is 7.03. The lowest BCUT2D eigenvalue weighted by molar-refractivity contribution is -0.136. The van der Waals surface area contributed by atoms with E-state index >= 15 is 0 Å². The van der Waals surface area contributed by atoms with Gasteiger partial charge in [0.2, 0.25) is 0 Å². The van der Waals surface area contributed by atoms with Crippen LogP contribution < -0.4 is 0 Å². The van der Waals surface area contributed by atoms with Gasteiger partial charge in [-0.15, -0.1) is 0 Å². The van der Waals surface area contributed by atoms with Gasteiger partial charge in [0.05, 0.1) is 6.61 Å². The lowest BCUT2D eigenvalue weighted by atomic mass is 9.82. The van der Waals surface area contributed by atoms with Crippen LogP contribution in [0.25, 0.3) is 0 Å². The van der Waals surface area contributed by atoms with E-state index in [0.717, 1.165) is 19.3 Å². The van der Waals surface area contributed by atoms with Crippen molar-refractivity contribution in [3.8, 4) is 0 Å². The number of ether oxygens (including phenoxy) is 2. The molecule has 1 aliphatic rings. The van der Waals surface area contributed by atoms with Crippen molar-refractivity contribution in [2.75, 3.05) is 13.2 Å². The molecule has 0 aromatic carbocycles. The normalized spacial score (nSPS) is 30.3. The minimum Gasteiger partial charge on any atom is -0.385 e. The van der Waals surface area contributed by atoms with E-state index in [0.29, 0.717) is 37.4 Å². The number of rotatable bonds is 6. The first kappa shape index (κ1) is 19.3. The molecule has 0 aromatic rings. The lowest BCUT2D eigenvalue weighted by Gasteiger charge is -2.26. The van der Waals surface area contributed by atoms with Gasteiger partial charge in [-0.1, -0.05) is 19.9 Å². The van der Waals surface area contributed by atoms with Gasteiger partial charge in [-0.3, -0.25) is 4.79 Å². The molecule has 0 heterocycles. The van der Waals surface area contributed by atoms with E-state index in [1.54, 1.807) is 0 Å². The Morgan fingerprint density at radius 2 is 2.00 bits per heavy atom. The zero-order valence-electron chi connectivity index (χ0n) is 14.5. The monoisotopic (exact) mass is 312 g/mol. The van der Waals surface area contributed by atoms with Crippen LogP contribution in [0, 0.1) is 17.8 Å². The fourth-order valence-corrected chi connectivity index (χ4v) is 2.89. The van der Waals surface area contributed by atoms with Crippen molar-refractivity contribution in [3.63, 3.8) is 0 Å². The van der Waals surface area contributed by atoms with E-state index in [9.17, 15) is 9.90 Å². The molecular formula is C18H32O4. The van der Waals surface area contributed by atoms with Crippen molar-refractivity contribution in [2.45, 2.75) is 65.8 Å². The van der Waals surface area contributed by atoms with Gasteiger partial charge in [-0.25, -0.2) is 0 Å². The van der Waals surface area contributed by atoms with Crippen molar-refractivity contribution < 1.29 is 19.4 Å². The van der Waals surface area contributed by atoms with E-state index < -0.39 is 6.10 Å². The summed E-state index contributed by atoms with van der Waals surface area (Å²) < 4.78 is 11.1. The number of aliphatic hydroxyl groups is 1. The van der Waals surface area contributed by atoms with Crippen LogP contribution in [-0.2, 0) is 14.3 Å². The van der Waals surface area contributed by atoms with Crippen molar-refractivity contribution in [1.29, 1.82) is 0 Å². The van der Waals surface area contributed by atoms with E-state index in [4.69, 9.17) is 9.47 Å². The summed E-state index contributed by atoms with van der Waals surface area (Å²) in [6.07, 6.45) is 5.81. The highest BCUT2D eigenvalue weighted by Gasteiger charge is 2.24. The fourth-order valence-electron chi connectivity index (χ4n) is 2.89. The Kier molecular flexibility index (Phi) is 8.91. The predicted octanol–water partition coefficient (Wildman–Crippen LogP) is 3.33. The number of hydrogen-bond acceptors (Lipinski definition) is 4. The molecule has 4 nitrogen and oxygen atoms in total. The van der Waals surface area contributed by atoms with Gasteiger partial charge < -0.3 is 14.6 Å². The molecule has 1 aliphatic carbocycles. The maximum atomic E-state index is 11.9. The van der Waals surface area contributed by atoms with E-state index in [2.05, 4.69) is 13.8 Å². The molecule has 0 spiro atoms. The van der Waals surface area contributed by atoms with Crippen molar-refractivity contribution in [1.82, 2.24) is 0 Å². The zero-order chi connectivity index (χ0) is 16.5. The van der Waals surface area contributed by atoms with Crippen LogP contribution >= 0.6 is 0 Å². The Morgan fingerprint density at radius 3 is 2.64 bits per heavy atom. The van der Waals surface area contributed by atoms with Crippen LogP contribution in [0.4, 0.5) is 0 Å². The number of hydrogen-bond donors (Lipinski definition) is 1. The number of carbonyl (C=O) groups excluding carboxylic acids is 1. The third-order valence-corrected chi connectivity index (χ3v) is 4.46. The van der Waals surface area contributed by atoms with E-state index in [1.165, 1.54) is 6.08 Å². The second-order valence-electron chi connectivity index (χ2n) is 6.60. The van der Waals surface area contributed by atoms with Crippen LogP contribution in [0.5, 0.6) is 0 Å². The standard InChI is InChI=1S/C18H32O4/c1-5-21-14(4)22-12-15-7-6-8-17(19)18(20)11-16(10-9-15)13(2)3/h6,8,13-16,18,20H,5,7,9-12H2,1-4H3/b8-6-/t14?,15-,16+,18?/m1/s1. The second-order valence-corrected chi connectivity index (χ2v) is 6.60. The Bertz CT molecular complexity index is 351. The van der Waals surface area contributed by atoms with E-state index in [-0.39, 0.29) is 12.1 Å². The van der Waals surface area contributed by atoms with Crippen LogP contribution in [-0.4, -0.2) is 36.5 Å². The highest BCUT2D eigenvalue weighted by atomic mass is 16.7. The van der Waals surface area contributed by atoms with Crippen LogP contribution in [0.1, 0.15) is 53.4 Å². The molecule has 0 fully saturated rings. The average Bonchev–Trinajstić information content (AvgIpc) is 2.47. The molecule has 2 unspecified atom stereocenters. The summed E-state index contributed by atoms with van der Waals surface area (Å²) in [6.45, 7) is 9.48. The fraction of sp³-hybridized carbons (Fsp3) is 0.833. The summed E-state index contributed by atoms with van der Waals surface area (Å²) in [5.41, 5.74) is 0. The van der Waals surface area contributed by atoms with Gasteiger partial charge in [0, 0.05) is 6.61 Å². The quantitative estimate of drug-likeness (QED) is 0.764. The maximum Gasteiger partial charge on any atom is 0.183 e. The molecule has 0 amide bonds. The van der Waals surface area contributed by atoms with Gasteiger partial charge >= 0.3 is 0 Å². The molecule has 4 heteroatoms. The van der Waals surface area contributed by atoms with E-state index in [1.807, 2.05) is 19.9 Å². The Balaban J connectivity index is 2.63. The van der Waals surface area contributed by atoms with Crippen LogP contribution in [0.15, 0.2) is 12.2 Å². The molecule has 22 heavy (non-hydrogen) atoms. The summed E-state index contributed by atoms with van der Waals surface area (Å²) in [5, 5.41) is 9.98. The number of allylic oxidation sites excluding steroid dienone is 1. The zero-order valence-corrected chi connectivity index (χ0v) is 14.5. The third-order valence-electron chi connectivity index (χ3n) is 4.46. The molecule has 1 rings (SSSR count). The van der Waals surface area contributed by atoms with Gasteiger partial charge in [0.1, 0.15) is 6.10 Å². The highest BCUT2D eigenvalue weighted by molar-refractivity contribution is 5.93. The largest absolute Gasteiger partial charge is 0.385 e. The van der Waals surface area contributed by atoms with Crippen molar-refractivity contribution in [3.05, 3.63) is 12.2 Å². The summed E-state index contributed by atoms with van der Waals surface area (Å²) in [6, 6.07) is 0. The Morgan fingerprint density at radius 1 is 1.27 bits per heavy atom. The summed E-state index contributed by atoms with van der Waals surface area (Å²) in [7, 11) is 0. The molecule has 0 saturated heterocycles. The topological polar surface area (TPSA) is 55.8 Å². The van der Waals surface area contributed by atoms with Gasteiger partial charge in [-0.05, 0) is 63.4 Å². The van der Waals surface area contributed by atoms with Gasteiger partial charge in [0.15, 0.2) is 12.1 Å². The molecule has 4 atom stereocenters. The summed E-state index contributed by atoms with van der Waals surface area (Å²) in [5.74, 6) is 1.06. The summed E-state index contributed by atoms with van der Waals surface area (Å²) in [4.78, 5) is 11.9. The van der Waals surface area contributed by atoms with Crippen molar-refractivity contribution in [2.24, 2.45) is 17.8 Å². The SMILES string of the molecule is CCOC(C)OC[C@@H]1C/C=C\C(=O)C(O)C[C@@H](C(C)C)CC1. The molecule has 0 aromatic heterocycles. The first-order chi connectivity index (χ1) is 10.4. The maximum absolute atomic E-state index is 11.9. The van der Waals surface area contributed by atoms with Crippen molar-refractivity contribution >= 4 is 5.78 Å². The number of carbonyl (C=O) groups is 1. The summed E-state index contributed by atoms with van der Waals surface area (Å²) >= 11 is 0. The molecule has 0 aliphatic heterocycles. The number of aliphatic hydroxyl groups excluding tert-OH is 1. The Labute approximate surface area is 134 Å². The number of ketones is 1. The smallest absolute Gasteiger partial charge is 0.183 e. The molecule has 0 saturated carbocycles. The predicted molar refractivity (Wildman–Crippen MR) is 87.5 cm³/mol. The minimum absolute atomic E-state index is 0.171. The van der Waals surface area contributed by atoms with Gasteiger partial charge in [-0.2, -0.15) is 0 Å². The first-order valence-electron chi connectivity index (χ1n) is 8.55.